The zero-order valence-electron chi connectivity index (χ0n) is 8.30. The van der Waals surface area contributed by atoms with Gasteiger partial charge in [-0.25, -0.2) is 0 Å². The average Bonchev–Trinajstić information content (AvgIpc) is 2.88. The van der Waals surface area contributed by atoms with Crippen LogP contribution in [0.15, 0.2) is 12.1 Å². The number of hydrogen-bond acceptors (Lipinski definition) is 2. The Labute approximate surface area is 88.5 Å². The normalized spacial score (nSPS) is 18.0. The second-order valence-corrected chi connectivity index (χ2v) is 4.21. The molecule has 2 nitrogen and oxygen atoms in total. The van der Waals surface area contributed by atoms with Crippen LogP contribution in [-0.2, 0) is 5.60 Å². The molecule has 0 aromatic heterocycles. The van der Waals surface area contributed by atoms with Crippen molar-refractivity contribution < 1.29 is 9.84 Å². The Morgan fingerprint density at radius 3 is 2.57 bits per heavy atom. The van der Waals surface area contributed by atoms with E-state index in [0.29, 0.717) is 5.02 Å². The molecule has 1 fully saturated rings. The van der Waals surface area contributed by atoms with Gasteiger partial charge in [-0.2, -0.15) is 0 Å². The van der Waals surface area contributed by atoms with Crippen molar-refractivity contribution in [1.82, 2.24) is 0 Å². The average molecular weight is 213 g/mol. The van der Waals surface area contributed by atoms with Crippen molar-refractivity contribution in [3.63, 3.8) is 0 Å². The molecule has 2 rings (SSSR count). The van der Waals surface area contributed by atoms with Gasteiger partial charge in [0.2, 0.25) is 0 Å². The van der Waals surface area contributed by atoms with Crippen LogP contribution in [0.3, 0.4) is 0 Å². The van der Waals surface area contributed by atoms with E-state index in [1.165, 1.54) is 0 Å². The minimum Gasteiger partial charge on any atom is -0.496 e. The fourth-order valence-electron chi connectivity index (χ4n) is 1.73. The minimum atomic E-state index is -0.742. The number of halogens is 1. The van der Waals surface area contributed by atoms with E-state index in [1.54, 1.807) is 7.11 Å². The van der Waals surface area contributed by atoms with E-state index in [1.807, 2.05) is 19.1 Å². The van der Waals surface area contributed by atoms with Crippen LogP contribution in [0.4, 0.5) is 0 Å². The number of ether oxygens (including phenoxy) is 1. The molecule has 3 heteroatoms. The maximum absolute atomic E-state index is 10.1. The van der Waals surface area contributed by atoms with E-state index in [-0.39, 0.29) is 0 Å². The molecule has 1 aliphatic carbocycles. The molecule has 0 aliphatic heterocycles. The predicted octanol–water partition coefficient (Wildman–Crippen LogP) is 2.64. The first-order valence-electron chi connectivity index (χ1n) is 4.64. The van der Waals surface area contributed by atoms with Gasteiger partial charge < -0.3 is 9.84 Å². The van der Waals surface area contributed by atoms with Crippen LogP contribution < -0.4 is 4.74 Å². The Morgan fingerprint density at radius 1 is 1.43 bits per heavy atom. The van der Waals surface area contributed by atoms with Gasteiger partial charge in [-0.15, -0.1) is 0 Å². The van der Waals surface area contributed by atoms with Crippen LogP contribution in [0, 0.1) is 6.92 Å². The molecule has 0 unspecified atom stereocenters. The van der Waals surface area contributed by atoms with Crippen LogP contribution in [0.25, 0.3) is 0 Å². The maximum atomic E-state index is 10.1. The van der Waals surface area contributed by atoms with Gasteiger partial charge in [0.1, 0.15) is 5.75 Å². The predicted molar refractivity (Wildman–Crippen MR) is 55.9 cm³/mol. The molecule has 1 saturated carbocycles. The summed E-state index contributed by atoms with van der Waals surface area (Å²) < 4.78 is 5.28. The lowest BCUT2D eigenvalue weighted by Gasteiger charge is -2.17. The number of benzene rings is 1. The van der Waals surface area contributed by atoms with E-state index in [4.69, 9.17) is 16.3 Å². The molecule has 0 amide bonds. The van der Waals surface area contributed by atoms with Gasteiger partial charge in [-0.05, 0) is 31.4 Å². The quantitative estimate of drug-likeness (QED) is 0.817. The van der Waals surface area contributed by atoms with Crippen molar-refractivity contribution in [2.24, 2.45) is 0 Å². The van der Waals surface area contributed by atoms with Gasteiger partial charge in [-0.3, -0.25) is 0 Å². The number of methoxy groups -OCH3 is 1. The highest BCUT2D eigenvalue weighted by Gasteiger charge is 2.46. The first-order valence-corrected chi connectivity index (χ1v) is 5.02. The second-order valence-electron chi connectivity index (χ2n) is 3.80. The first kappa shape index (κ1) is 9.81. The Hall–Kier alpha value is -0.730. The molecule has 1 aromatic carbocycles. The van der Waals surface area contributed by atoms with Gasteiger partial charge in [0.15, 0.2) is 0 Å². The molecular weight excluding hydrogens is 200 g/mol. The highest BCUT2D eigenvalue weighted by Crippen LogP contribution is 2.52. The van der Waals surface area contributed by atoms with Crippen molar-refractivity contribution in [3.05, 3.63) is 28.3 Å². The second kappa shape index (κ2) is 3.14. The van der Waals surface area contributed by atoms with E-state index >= 15 is 0 Å². The molecule has 0 spiro atoms. The number of hydrogen-bond donors (Lipinski definition) is 1. The largest absolute Gasteiger partial charge is 0.496 e. The standard InChI is InChI=1S/C11H13ClO2/c1-7-3-4-8(12)9(10(7)14-2)11(13)5-6-11/h3-4,13H,5-6H2,1-2H3. The van der Waals surface area contributed by atoms with Crippen molar-refractivity contribution in [2.75, 3.05) is 7.11 Å². The van der Waals surface area contributed by atoms with Gasteiger partial charge >= 0.3 is 0 Å². The van der Waals surface area contributed by atoms with Crippen molar-refractivity contribution in [3.8, 4) is 5.75 Å². The van der Waals surface area contributed by atoms with E-state index in [9.17, 15) is 5.11 Å². The van der Waals surface area contributed by atoms with E-state index in [2.05, 4.69) is 0 Å². The number of rotatable bonds is 2. The third-order valence-corrected chi connectivity index (χ3v) is 3.01. The summed E-state index contributed by atoms with van der Waals surface area (Å²) in [5.74, 6) is 0.720. The summed E-state index contributed by atoms with van der Waals surface area (Å²) in [6, 6.07) is 3.71. The lowest BCUT2D eigenvalue weighted by atomic mass is 10.0. The number of aliphatic hydroxyl groups is 1. The molecule has 14 heavy (non-hydrogen) atoms. The summed E-state index contributed by atoms with van der Waals surface area (Å²) >= 11 is 6.06. The highest BCUT2D eigenvalue weighted by molar-refractivity contribution is 6.31. The molecule has 0 radical (unpaired) electrons. The zero-order chi connectivity index (χ0) is 10.3. The molecule has 76 valence electrons. The van der Waals surface area contributed by atoms with Crippen molar-refractivity contribution in [1.29, 1.82) is 0 Å². The molecule has 1 aliphatic rings. The molecule has 0 saturated heterocycles. The topological polar surface area (TPSA) is 29.5 Å². The summed E-state index contributed by atoms with van der Waals surface area (Å²) in [5, 5.41) is 10.6. The third kappa shape index (κ3) is 1.39. The fourth-order valence-corrected chi connectivity index (χ4v) is 2.05. The Balaban J connectivity index is 2.60. The third-order valence-electron chi connectivity index (χ3n) is 2.70. The summed E-state index contributed by atoms with van der Waals surface area (Å²) in [6.07, 6.45) is 1.54. The Morgan fingerprint density at radius 2 is 2.07 bits per heavy atom. The zero-order valence-corrected chi connectivity index (χ0v) is 9.06. The molecule has 0 heterocycles. The van der Waals surface area contributed by atoms with E-state index in [0.717, 1.165) is 29.7 Å². The smallest absolute Gasteiger partial charge is 0.129 e. The van der Waals surface area contributed by atoms with Crippen LogP contribution in [0.2, 0.25) is 5.02 Å². The van der Waals surface area contributed by atoms with Gasteiger partial charge in [-0.1, -0.05) is 17.7 Å². The highest BCUT2D eigenvalue weighted by atomic mass is 35.5. The SMILES string of the molecule is COc1c(C)ccc(Cl)c1C1(O)CC1. The molecule has 1 N–H and O–H groups in total. The maximum Gasteiger partial charge on any atom is 0.129 e. The monoisotopic (exact) mass is 212 g/mol. The van der Waals surface area contributed by atoms with Crippen LogP contribution in [0.5, 0.6) is 5.75 Å². The van der Waals surface area contributed by atoms with Crippen LogP contribution in [-0.4, -0.2) is 12.2 Å². The first-order chi connectivity index (χ1) is 6.58. The fraction of sp³-hybridized carbons (Fsp3) is 0.455. The van der Waals surface area contributed by atoms with Crippen molar-refractivity contribution in [2.45, 2.75) is 25.4 Å². The summed E-state index contributed by atoms with van der Waals surface area (Å²) in [7, 11) is 1.61. The minimum absolute atomic E-state index is 0.590. The van der Waals surface area contributed by atoms with Gasteiger partial charge in [0, 0.05) is 5.56 Å². The lowest BCUT2D eigenvalue weighted by Crippen LogP contribution is -2.08. The van der Waals surface area contributed by atoms with Gasteiger partial charge in [0.25, 0.3) is 0 Å². The van der Waals surface area contributed by atoms with Gasteiger partial charge in [0.05, 0.1) is 17.7 Å². The summed E-state index contributed by atoms with van der Waals surface area (Å²) in [4.78, 5) is 0. The van der Waals surface area contributed by atoms with Crippen LogP contribution in [0.1, 0.15) is 24.0 Å². The number of aryl methyl sites for hydroxylation is 1. The molecule has 0 atom stereocenters. The Kier molecular flexibility index (Phi) is 2.20. The molecular formula is C11H13ClO2. The van der Waals surface area contributed by atoms with Crippen molar-refractivity contribution >= 4 is 11.6 Å². The Bertz CT molecular complexity index is 370. The molecule has 0 bridgehead atoms. The molecule has 1 aromatic rings. The summed E-state index contributed by atoms with van der Waals surface area (Å²) in [6.45, 7) is 1.95. The summed E-state index contributed by atoms with van der Waals surface area (Å²) in [5.41, 5.74) is 1.02. The van der Waals surface area contributed by atoms with Crippen LogP contribution >= 0.6 is 11.6 Å². The van der Waals surface area contributed by atoms with E-state index < -0.39 is 5.60 Å². The lowest BCUT2D eigenvalue weighted by molar-refractivity contribution is 0.147.